The lowest BCUT2D eigenvalue weighted by molar-refractivity contribution is 0.0995. The third kappa shape index (κ3) is 2.49. The highest BCUT2D eigenvalue weighted by molar-refractivity contribution is 6.30. The fraction of sp³-hybridized carbons (Fsp3) is 0.235. The Hall–Kier alpha value is -1.91. The van der Waals surface area contributed by atoms with E-state index in [0.29, 0.717) is 27.4 Å². The first-order chi connectivity index (χ1) is 10.5. The zero-order valence-electron chi connectivity index (χ0n) is 12.3. The largest absolute Gasteiger partial charge is 0.377 e. The Bertz CT molecular complexity index is 730. The van der Waals surface area contributed by atoms with Gasteiger partial charge in [0.05, 0.1) is 12.6 Å². The van der Waals surface area contributed by atoms with Gasteiger partial charge < -0.3 is 9.64 Å². The molecule has 1 heterocycles. The van der Waals surface area contributed by atoms with Crippen molar-refractivity contribution in [2.75, 3.05) is 12.0 Å². The van der Waals surface area contributed by atoms with Crippen LogP contribution in [0.3, 0.4) is 0 Å². The highest BCUT2D eigenvalue weighted by Crippen LogP contribution is 2.33. The van der Waals surface area contributed by atoms with Gasteiger partial charge in [-0.3, -0.25) is 4.79 Å². The number of hydrogen-bond donors (Lipinski definition) is 0. The van der Waals surface area contributed by atoms with Crippen LogP contribution >= 0.6 is 11.6 Å². The molecule has 0 saturated heterocycles. The van der Waals surface area contributed by atoms with E-state index in [2.05, 4.69) is 0 Å². The van der Waals surface area contributed by atoms with Crippen LogP contribution in [-0.2, 0) is 11.3 Å². The Morgan fingerprint density at radius 1 is 1.27 bits per heavy atom. The number of amides is 1. The molecule has 0 fully saturated rings. The summed E-state index contributed by atoms with van der Waals surface area (Å²) < 4.78 is 19.5. The van der Waals surface area contributed by atoms with Gasteiger partial charge in [0.15, 0.2) is 0 Å². The lowest BCUT2D eigenvalue weighted by Crippen LogP contribution is -2.22. The fourth-order valence-corrected chi connectivity index (χ4v) is 2.71. The predicted octanol–water partition coefficient (Wildman–Crippen LogP) is 4.35. The van der Waals surface area contributed by atoms with Crippen molar-refractivity contribution in [3.63, 3.8) is 0 Å². The Morgan fingerprint density at radius 2 is 1.95 bits per heavy atom. The number of rotatable bonds is 3. The van der Waals surface area contributed by atoms with Crippen LogP contribution in [0.1, 0.15) is 34.5 Å². The summed E-state index contributed by atoms with van der Waals surface area (Å²) in [6.45, 7) is 2.04. The molecule has 0 aromatic heterocycles. The van der Waals surface area contributed by atoms with Gasteiger partial charge in [0, 0.05) is 28.9 Å². The number of fused-ring (bicyclic) bond motifs is 1. The second-order valence-corrected chi connectivity index (χ2v) is 5.71. The first-order valence-electron chi connectivity index (χ1n) is 6.94. The summed E-state index contributed by atoms with van der Waals surface area (Å²) in [7, 11) is 1.55. The normalized spacial score (nSPS) is 15.1. The van der Waals surface area contributed by atoms with Crippen LogP contribution in [0.4, 0.5) is 10.1 Å². The van der Waals surface area contributed by atoms with E-state index < -0.39 is 0 Å². The molecule has 3 nitrogen and oxygen atoms in total. The molecule has 2 aromatic carbocycles. The van der Waals surface area contributed by atoms with Crippen molar-refractivity contribution in [1.29, 1.82) is 0 Å². The maximum atomic E-state index is 14.3. The van der Waals surface area contributed by atoms with Crippen molar-refractivity contribution >= 4 is 23.2 Å². The zero-order valence-corrected chi connectivity index (χ0v) is 13.0. The molecule has 0 saturated carbocycles. The molecule has 0 radical (unpaired) electrons. The maximum absolute atomic E-state index is 14.3. The SMILES string of the molecule is COC(C)c1cc(F)c2c(c1)C(=O)N(c1ccc(Cl)cc1)C2. The predicted molar refractivity (Wildman–Crippen MR) is 83.8 cm³/mol. The van der Waals surface area contributed by atoms with Crippen LogP contribution in [0, 0.1) is 5.82 Å². The van der Waals surface area contributed by atoms with Crippen molar-refractivity contribution in [3.05, 3.63) is 63.9 Å². The Labute approximate surface area is 133 Å². The number of carbonyl (C=O) groups is 1. The third-order valence-electron chi connectivity index (χ3n) is 3.97. The summed E-state index contributed by atoms with van der Waals surface area (Å²) in [5, 5.41) is 0.593. The summed E-state index contributed by atoms with van der Waals surface area (Å²) in [6, 6.07) is 10.1. The lowest BCUT2D eigenvalue weighted by Gasteiger charge is -2.15. The Morgan fingerprint density at radius 3 is 2.59 bits per heavy atom. The van der Waals surface area contributed by atoms with Crippen LogP contribution in [0.15, 0.2) is 36.4 Å². The van der Waals surface area contributed by atoms with E-state index >= 15 is 0 Å². The standard InChI is InChI=1S/C17H15ClFNO2/c1-10(22-2)11-7-14-15(16(19)8-11)9-20(17(14)21)13-5-3-12(18)4-6-13/h3-8,10H,9H2,1-2H3. The Balaban J connectivity index is 2.00. The minimum atomic E-state index is -0.374. The third-order valence-corrected chi connectivity index (χ3v) is 4.22. The average molecular weight is 320 g/mol. The smallest absolute Gasteiger partial charge is 0.259 e. The monoisotopic (exact) mass is 319 g/mol. The van der Waals surface area contributed by atoms with E-state index in [9.17, 15) is 9.18 Å². The summed E-state index contributed by atoms with van der Waals surface area (Å²) in [4.78, 5) is 14.1. The molecular weight excluding hydrogens is 305 g/mol. The van der Waals surface area contributed by atoms with Crippen molar-refractivity contribution < 1.29 is 13.9 Å². The van der Waals surface area contributed by atoms with Gasteiger partial charge in [-0.1, -0.05) is 11.6 Å². The van der Waals surface area contributed by atoms with E-state index in [1.807, 2.05) is 6.92 Å². The van der Waals surface area contributed by atoms with Gasteiger partial charge in [-0.2, -0.15) is 0 Å². The number of nitrogens with zero attached hydrogens (tertiary/aromatic N) is 1. The number of anilines is 1. The molecule has 3 rings (SSSR count). The molecular formula is C17H15ClFNO2. The van der Waals surface area contributed by atoms with Gasteiger partial charge in [-0.25, -0.2) is 4.39 Å². The molecule has 0 aliphatic carbocycles. The van der Waals surface area contributed by atoms with Gasteiger partial charge in [0.1, 0.15) is 5.82 Å². The Kier molecular flexibility index (Phi) is 3.89. The number of methoxy groups -OCH3 is 1. The van der Waals surface area contributed by atoms with Crippen molar-refractivity contribution in [2.45, 2.75) is 19.6 Å². The summed E-state index contributed by atoms with van der Waals surface area (Å²) in [6.07, 6.45) is -0.266. The first kappa shape index (κ1) is 15.0. The van der Waals surface area contributed by atoms with Gasteiger partial charge in [-0.15, -0.1) is 0 Å². The molecule has 1 aliphatic heterocycles. The first-order valence-corrected chi connectivity index (χ1v) is 7.31. The summed E-state index contributed by atoms with van der Waals surface area (Å²) in [5.41, 5.74) is 2.18. The highest BCUT2D eigenvalue weighted by atomic mass is 35.5. The van der Waals surface area contributed by atoms with Crippen LogP contribution in [0.25, 0.3) is 0 Å². The maximum Gasteiger partial charge on any atom is 0.259 e. The molecule has 0 N–H and O–H groups in total. The van der Waals surface area contributed by atoms with Crippen LogP contribution < -0.4 is 4.90 Å². The molecule has 22 heavy (non-hydrogen) atoms. The van der Waals surface area contributed by atoms with E-state index in [-0.39, 0.29) is 24.4 Å². The quantitative estimate of drug-likeness (QED) is 0.842. The zero-order chi connectivity index (χ0) is 15.9. The molecule has 1 atom stereocenters. The second kappa shape index (κ2) is 5.71. The van der Waals surface area contributed by atoms with Crippen molar-refractivity contribution in [3.8, 4) is 0 Å². The lowest BCUT2D eigenvalue weighted by atomic mass is 10.0. The van der Waals surface area contributed by atoms with E-state index in [1.165, 1.54) is 6.07 Å². The molecule has 0 spiro atoms. The van der Waals surface area contributed by atoms with E-state index in [1.54, 1.807) is 42.3 Å². The molecule has 0 bridgehead atoms. The highest BCUT2D eigenvalue weighted by Gasteiger charge is 2.31. The number of carbonyl (C=O) groups excluding carboxylic acids is 1. The molecule has 5 heteroatoms. The molecule has 1 amide bonds. The molecule has 114 valence electrons. The molecule has 2 aromatic rings. The summed E-state index contributed by atoms with van der Waals surface area (Å²) >= 11 is 5.86. The van der Waals surface area contributed by atoms with Crippen molar-refractivity contribution in [2.24, 2.45) is 0 Å². The minimum absolute atomic E-state index is 0.207. The average Bonchev–Trinajstić information content (AvgIpc) is 2.85. The summed E-state index contributed by atoms with van der Waals surface area (Å²) in [5.74, 6) is -0.581. The van der Waals surface area contributed by atoms with Crippen LogP contribution in [0.5, 0.6) is 0 Å². The number of ether oxygens (including phenoxy) is 1. The van der Waals surface area contributed by atoms with Gasteiger partial charge in [0.25, 0.3) is 5.91 Å². The number of halogens is 2. The van der Waals surface area contributed by atoms with Gasteiger partial charge in [-0.05, 0) is 48.9 Å². The van der Waals surface area contributed by atoms with Gasteiger partial charge in [0.2, 0.25) is 0 Å². The molecule has 1 aliphatic rings. The fourth-order valence-electron chi connectivity index (χ4n) is 2.58. The second-order valence-electron chi connectivity index (χ2n) is 5.27. The molecule has 1 unspecified atom stereocenters. The van der Waals surface area contributed by atoms with Crippen LogP contribution in [0.2, 0.25) is 5.02 Å². The van der Waals surface area contributed by atoms with Crippen LogP contribution in [-0.4, -0.2) is 13.0 Å². The topological polar surface area (TPSA) is 29.5 Å². The number of benzene rings is 2. The van der Waals surface area contributed by atoms with Crippen molar-refractivity contribution in [1.82, 2.24) is 0 Å². The van der Waals surface area contributed by atoms with Gasteiger partial charge >= 0.3 is 0 Å². The minimum Gasteiger partial charge on any atom is -0.377 e. The van der Waals surface area contributed by atoms with E-state index in [4.69, 9.17) is 16.3 Å². The van der Waals surface area contributed by atoms with E-state index in [0.717, 1.165) is 0 Å². The number of hydrogen-bond acceptors (Lipinski definition) is 2.